The number of aromatic nitrogens is 3. The molecule has 0 atom stereocenters. The van der Waals surface area contributed by atoms with Crippen LogP contribution in [0.15, 0.2) is 12.4 Å². The topological polar surface area (TPSA) is 41.6 Å². The van der Waals surface area contributed by atoms with E-state index in [-0.39, 0.29) is 0 Å². The van der Waals surface area contributed by atoms with Crippen LogP contribution < -0.4 is 0 Å². The first kappa shape index (κ1) is 5.41. The molecule has 0 spiro atoms. The third kappa shape index (κ3) is 0.673. The van der Waals surface area contributed by atoms with E-state index in [1.807, 2.05) is 13.0 Å². The number of hydrogen-bond acceptors (Lipinski definition) is 2. The average molecular weight is 132 g/mol. The number of aromatic amines is 1. The Morgan fingerprint density at radius 1 is 1.60 bits per heavy atom. The van der Waals surface area contributed by atoms with E-state index in [2.05, 4.69) is 21.0 Å². The maximum absolute atomic E-state index is 4.16. The van der Waals surface area contributed by atoms with Crippen LogP contribution in [0.25, 0.3) is 11.2 Å². The van der Waals surface area contributed by atoms with Crippen molar-refractivity contribution in [2.45, 2.75) is 6.92 Å². The molecule has 2 heterocycles. The van der Waals surface area contributed by atoms with E-state index in [1.54, 1.807) is 6.33 Å². The van der Waals surface area contributed by atoms with Gasteiger partial charge in [-0.05, 0) is 13.0 Å². The first-order valence-corrected chi connectivity index (χ1v) is 3.05. The predicted octanol–water partition coefficient (Wildman–Crippen LogP) is 1.07. The third-order valence-electron chi connectivity index (χ3n) is 1.34. The van der Waals surface area contributed by atoms with Gasteiger partial charge < -0.3 is 4.98 Å². The molecule has 3 nitrogen and oxygen atoms in total. The molecule has 1 radical (unpaired) electrons. The third-order valence-corrected chi connectivity index (χ3v) is 1.34. The predicted molar refractivity (Wildman–Crippen MR) is 37.5 cm³/mol. The second-order valence-electron chi connectivity index (χ2n) is 2.12. The van der Waals surface area contributed by atoms with Crippen molar-refractivity contribution in [3.05, 3.63) is 24.2 Å². The van der Waals surface area contributed by atoms with Gasteiger partial charge in [-0.2, -0.15) is 0 Å². The molecule has 2 aromatic rings. The summed E-state index contributed by atoms with van der Waals surface area (Å²) in [7, 11) is 0. The Morgan fingerprint density at radius 2 is 2.50 bits per heavy atom. The van der Waals surface area contributed by atoms with Gasteiger partial charge in [-0.3, -0.25) is 0 Å². The number of fused-ring (bicyclic) bond motifs is 1. The van der Waals surface area contributed by atoms with Gasteiger partial charge in [0.15, 0.2) is 5.65 Å². The molecule has 0 aliphatic carbocycles. The molecule has 3 heteroatoms. The van der Waals surface area contributed by atoms with E-state index in [1.165, 1.54) is 0 Å². The van der Waals surface area contributed by atoms with E-state index in [0.717, 1.165) is 16.9 Å². The molecule has 10 heavy (non-hydrogen) atoms. The summed E-state index contributed by atoms with van der Waals surface area (Å²) in [5.74, 6) is 0. The second-order valence-corrected chi connectivity index (χ2v) is 2.12. The highest BCUT2D eigenvalue weighted by molar-refractivity contribution is 5.69. The summed E-state index contributed by atoms with van der Waals surface area (Å²) in [6.07, 6.45) is 1.63. The fraction of sp³-hybridized carbons (Fsp3) is 0.143. The molecule has 0 bridgehead atoms. The minimum Gasteiger partial charge on any atom is -0.329 e. The van der Waals surface area contributed by atoms with Crippen molar-refractivity contribution in [3.8, 4) is 0 Å². The van der Waals surface area contributed by atoms with Crippen LogP contribution in [0.4, 0.5) is 0 Å². The SMILES string of the molecule is Cc1[c]cc2nc[nH]c2n1. The van der Waals surface area contributed by atoms with Crippen LogP contribution in [0.1, 0.15) is 5.69 Å². The van der Waals surface area contributed by atoms with E-state index in [0.29, 0.717) is 0 Å². The largest absolute Gasteiger partial charge is 0.329 e. The van der Waals surface area contributed by atoms with Gasteiger partial charge >= 0.3 is 0 Å². The summed E-state index contributed by atoms with van der Waals surface area (Å²) >= 11 is 0. The Morgan fingerprint density at radius 3 is 3.40 bits per heavy atom. The highest BCUT2D eigenvalue weighted by atomic mass is 14.9. The lowest BCUT2D eigenvalue weighted by Crippen LogP contribution is -1.80. The van der Waals surface area contributed by atoms with Crippen molar-refractivity contribution >= 4 is 11.2 Å². The zero-order valence-corrected chi connectivity index (χ0v) is 5.55. The van der Waals surface area contributed by atoms with Gasteiger partial charge in [-0.1, -0.05) is 0 Å². The fourth-order valence-corrected chi connectivity index (χ4v) is 0.866. The van der Waals surface area contributed by atoms with Crippen LogP contribution in [0.5, 0.6) is 0 Å². The molecule has 0 saturated heterocycles. The van der Waals surface area contributed by atoms with Crippen molar-refractivity contribution in [2.24, 2.45) is 0 Å². The Bertz CT molecular complexity index is 350. The lowest BCUT2D eigenvalue weighted by Gasteiger charge is -1.87. The smallest absolute Gasteiger partial charge is 0.157 e. The quantitative estimate of drug-likeness (QED) is 0.582. The summed E-state index contributed by atoms with van der Waals surface area (Å²) in [5, 5.41) is 0. The molecule has 0 amide bonds. The molecule has 0 saturated carbocycles. The summed E-state index contributed by atoms with van der Waals surface area (Å²) in [4.78, 5) is 11.1. The first-order valence-electron chi connectivity index (χ1n) is 3.05. The molecular weight excluding hydrogens is 126 g/mol. The fourth-order valence-electron chi connectivity index (χ4n) is 0.866. The maximum Gasteiger partial charge on any atom is 0.157 e. The summed E-state index contributed by atoms with van der Waals surface area (Å²) in [6.45, 7) is 1.90. The number of imidazole rings is 1. The van der Waals surface area contributed by atoms with Gasteiger partial charge in [0.25, 0.3) is 0 Å². The molecular formula is C7H6N3. The first-order chi connectivity index (χ1) is 4.86. The monoisotopic (exact) mass is 132 g/mol. The maximum atomic E-state index is 4.16. The van der Waals surface area contributed by atoms with E-state index in [4.69, 9.17) is 0 Å². The Kier molecular flexibility index (Phi) is 0.974. The minimum absolute atomic E-state index is 0.830. The highest BCUT2D eigenvalue weighted by Gasteiger charge is 1.94. The lowest BCUT2D eigenvalue weighted by atomic mass is 10.4. The van der Waals surface area contributed by atoms with Gasteiger partial charge in [0.1, 0.15) is 5.52 Å². The average Bonchev–Trinajstić information content (AvgIpc) is 2.33. The van der Waals surface area contributed by atoms with Crippen LogP contribution in [-0.2, 0) is 0 Å². The zero-order chi connectivity index (χ0) is 6.97. The number of hydrogen-bond donors (Lipinski definition) is 1. The minimum atomic E-state index is 0.830. The van der Waals surface area contributed by atoms with Gasteiger partial charge in [0, 0.05) is 11.8 Å². The van der Waals surface area contributed by atoms with Crippen LogP contribution in [0.2, 0.25) is 0 Å². The second kappa shape index (κ2) is 1.80. The van der Waals surface area contributed by atoms with Crippen molar-refractivity contribution < 1.29 is 0 Å². The van der Waals surface area contributed by atoms with Crippen LogP contribution in [0.3, 0.4) is 0 Å². The molecule has 0 unspecified atom stereocenters. The number of pyridine rings is 1. The van der Waals surface area contributed by atoms with Crippen molar-refractivity contribution in [3.63, 3.8) is 0 Å². The van der Waals surface area contributed by atoms with Crippen molar-refractivity contribution in [2.75, 3.05) is 0 Å². The van der Waals surface area contributed by atoms with Crippen molar-refractivity contribution in [1.82, 2.24) is 15.0 Å². The Hall–Kier alpha value is -1.38. The van der Waals surface area contributed by atoms with E-state index >= 15 is 0 Å². The number of rotatable bonds is 0. The van der Waals surface area contributed by atoms with E-state index in [9.17, 15) is 0 Å². The normalized spacial score (nSPS) is 10.5. The number of aryl methyl sites for hydroxylation is 1. The highest BCUT2D eigenvalue weighted by Crippen LogP contribution is 2.04. The summed E-state index contributed by atoms with van der Waals surface area (Å²) in [6, 6.07) is 4.79. The van der Waals surface area contributed by atoms with Crippen LogP contribution in [-0.4, -0.2) is 15.0 Å². The molecule has 0 aromatic carbocycles. The zero-order valence-electron chi connectivity index (χ0n) is 5.55. The number of H-pyrrole nitrogens is 1. The molecule has 49 valence electrons. The van der Waals surface area contributed by atoms with Crippen LogP contribution in [0, 0.1) is 13.0 Å². The number of nitrogens with zero attached hydrogens (tertiary/aromatic N) is 2. The van der Waals surface area contributed by atoms with Gasteiger partial charge in [-0.25, -0.2) is 9.97 Å². The van der Waals surface area contributed by atoms with Gasteiger partial charge in [0.05, 0.1) is 6.33 Å². The molecule has 0 aliphatic heterocycles. The van der Waals surface area contributed by atoms with Crippen molar-refractivity contribution in [1.29, 1.82) is 0 Å². The van der Waals surface area contributed by atoms with Gasteiger partial charge in [0.2, 0.25) is 0 Å². The van der Waals surface area contributed by atoms with Gasteiger partial charge in [-0.15, -0.1) is 0 Å². The standard InChI is InChI=1S/C7H6N3/c1-5-2-3-6-7(10-5)9-4-8-6/h3-4H,1H3,(H,8,9,10). The molecule has 2 rings (SSSR count). The summed E-state index contributed by atoms with van der Waals surface area (Å²) < 4.78 is 0. The Balaban J connectivity index is 2.86. The molecule has 0 aliphatic rings. The summed E-state index contributed by atoms with van der Waals surface area (Å²) in [5.41, 5.74) is 2.58. The lowest BCUT2D eigenvalue weighted by molar-refractivity contribution is 1.22. The molecule has 0 fully saturated rings. The Labute approximate surface area is 58.1 Å². The number of nitrogens with one attached hydrogen (secondary N) is 1. The van der Waals surface area contributed by atoms with Crippen LogP contribution >= 0.6 is 0 Å². The van der Waals surface area contributed by atoms with E-state index < -0.39 is 0 Å². The molecule has 1 N–H and O–H groups in total. The molecule has 2 aromatic heterocycles.